The van der Waals surface area contributed by atoms with Crippen LogP contribution in [0.3, 0.4) is 0 Å². The number of thioether (sulfide) groups is 2. The van der Waals surface area contributed by atoms with Crippen LogP contribution in [0.25, 0.3) is 0 Å². The fraction of sp³-hybridized carbons (Fsp3) is 0.917. The molecule has 5 heteroatoms. The number of nitrogens with zero attached hydrogens (tertiary/aromatic N) is 1. The number of hydrogen-bond donors (Lipinski definition) is 1. The average Bonchev–Trinajstić information content (AvgIpc) is 2.36. The minimum atomic E-state index is 0.123. The normalized spacial score (nSPS) is 22.3. The second kappa shape index (κ2) is 8.14. The number of amides is 2. The topological polar surface area (TPSA) is 32.3 Å². The third-order valence-electron chi connectivity index (χ3n) is 3.01. The highest BCUT2D eigenvalue weighted by molar-refractivity contribution is 8.00. The van der Waals surface area contributed by atoms with Gasteiger partial charge in [-0.15, -0.1) is 0 Å². The van der Waals surface area contributed by atoms with Gasteiger partial charge in [0.25, 0.3) is 0 Å². The van der Waals surface area contributed by atoms with Crippen LogP contribution < -0.4 is 5.32 Å². The minimum Gasteiger partial charge on any atom is -0.336 e. The first-order chi connectivity index (χ1) is 8.17. The fourth-order valence-corrected chi connectivity index (χ4v) is 3.59. The lowest BCUT2D eigenvalue weighted by Crippen LogP contribution is -2.49. The Bertz CT molecular complexity index is 239. The Hall–Kier alpha value is -0.0300. The highest BCUT2D eigenvalue weighted by Gasteiger charge is 2.23. The van der Waals surface area contributed by atoms with Gasteiger partial charge in [0.15, 0.2) is 0 Å². The molecule has 0 radical (unpaired) electrons. The number of carbonyl (C=O) groups is 1. The first-order valence-corrected chi connectivity index (χ1v) is 8.77. The Morgan fingerprint density at radius 2 is 2.41 bits per heavy atom. The van der Waals surface area contributed by atoms with Gasteiger partial charge >= 0.3 is 6.03 Å². The lowest BCUT2D eigenvalue weighted by Gasteiger charge is -2.32. The quantitative estimate of drug-likeness (QED) is 0.838. The Kier molecular flexibility index (Phi) is 7.19. The van der Waals surface area contributed by atoms with Crippen molar-refractivity contribution in [3.63, 3.8) is 0 Å². The number of hydrogen-bond acceptors (Lipinski definition) is 3. The standard InChI is InChI=1S/C12H24N2OS2/c1-4-11-9-14(6-8-17-11)12(15)13-10(2)5-7-16-3/h10-11H,4-9H2,1-3H3,(H,13,15)/t10-,11-/m0/s1. The Morgan fingerprint density at radius 1 is 1.65 bits per heavy atom. The monoisotopic (exact) mass is 276 g/mol. The predicted octanol–water partition coefficient (Wildman–Crippen LogP) is 2.67. The number of rotatable bonds is 5. The molecular formula is C12H24N2OS2. The zero-order valence-corrected chi connectivity index (χ0v) is 12.7. The van der Waals surface area contributed by atoms with E-state index >= 15 is 0 Å². The molecule has 1 fully saturated rings. The summed E-state index contributed by atoms with van der Waals surface area (Å²) in [6.07, 6.45) is 4.30. The van der Waals surface area contributed by atoms with Gasteiger partial charge in [0.2, 0.25) is 0 Å². The number of urea groups is 1. The lowest BCUT2D eigenvalue weighted by atomic mass is 10.2. The molecule has 0 aliphatic carbocycles. The lowest BCUT2D eigenvalue weighted by molar-refractivity contribution is 0.195. The van der Waals surface area contributed by atoms with Crippen molar-refractivity contribution in [3.8, 4) is 0 Å². The van der Waals surface area contributed by atoms with Gasteiger partial charge in [-0.05, 0) is 31.8 Å². The summed E-state index contributed by atoms with van der Waals surface area (Å²) >= 11 is 3.82. The summed E-state index contributed by atoms with van der Waals surface area (Å²) in [5.74, 6) is 2.18. The SMILES string of the molecule is CC[C@H]1CN(C(=O)N[C@@H](C)CCSC)CCS1. The van der Waals surface area contributed by atoms with Crippen LogP contribution in [-0.2, 0) is 0 Å². The van der Waals surface area contributed by atoms with E-state index < -0.39 is 0 Å². The first-order valence-electron chi connectivity index (χ1n) is 6.33. The molecule has 0 spiro atoms. The summed E-state index contributed by atoms with van der Waals surface area (Å²) < 4.78 is 0. The van der Waals surface area contributed by atoms with Crippen LogP contribution in [0.5, 0.6) is 0 Å². The van der Waals surface area contributed by atoms with Crippen LogP contribution in [-0.4, -0.2) is 53.1 Å². The maximum Gasteiger partial charge on any atom is 0.317 e. The molecule has 1 aliphatic heterocycles. The molecule has 1 N–H and O–H groups in total. The summed E-state index contributed by atoms with van der Waals surface area (Å²) in [4.78, 5) is 14.0. The predicted molar refractivity (Wildman–Crippen MR) is 79.1 cm³/mol. The zero-order valence-electron chi connectivity index (χ0n) is 11.1. The van der Waals surface area contributed by atoms with E-state index in [4.69, 9.17) is 0 Å². The second-order valence-electron chi connectivity index (χ2n) is 4.48. The van der Waals surface area contributed by atoms with Gasteiger partial charge in [-0.25, -0.2) is 4.79 Å². The highest BCUT2D eigenvalue weighted by atomic mass is 32.2. The molecule has 2 atom stereocenters. The minimum absolute atomic E-state index is 0.123. The van der Waals surface area contributed by atoms with E-state index in [0.717, 1.165) is 37.4 Å². The molecule has 0 unspecified atom stereocenters. The summed E-state index contributed by atoms with van der Waals surface area (Å²) in [5.41, 5.74) is 0. The first kappa shape index (κ1) is 15.0. The molecule has 1 rings (SSSR count). The summed E-state index contributed by atoms with van der Waals surface area (Å²) in [6.45, 7) is 6.08. The molecule has 0 saturated carbocycles. The van der Waals surface area contributed by atoms with E-state index in [-0.39, 0.29) is 12.1 Å². The molecule has 1 saturated heterocycles. The molecule has 0 bridgehead atoms. The largest absolute Gasteiger partial charge is 0.336 e. The van der Waals surface area contributed by atoms with Crippen LogP contribution in [0.1, 0.15) is 26.7 Å². The van der Waals surface area contributed by atoms with E-state index in [1.165, 1.54) is 0 Å². The van der Waals surface area contributed by atoms with E-state index in [1.54, 1.807) is 0 Å². The molecular weight excluding hydrogens is 252 g/mol. The van der Waals surface area contributed by atoms with Gasteiger partial charge in [-0.1, -0.05) is 6.92 Å². The van der Waals surface area contributed by atoms with E-state index in [9.17, 15) is 4.79 Å². The van der Waals surface area contributed by atoms with Crippen LogP contribution in [0, 0.1) is 0 Å². The second-order valence-corrected chi connectivity index (χ2v) is 6.87. The number of nitrogens with one attached hydrogen (secondary N) is 1. The molecule has 2 amide bonds. The molecule has 3 nitrogen and oxygen atoms in total. The van der Waals surface area contributed by atoms with Crippen LogP contribution >= 0.6 is 23.5 Å². The summed E-state index contributed by atoms with van der Waals surface area (Å²) in [5, 5.41) is 3.71. The Balaban J connectivity index is 2.31. The van der Waals surface area contributed by atoms with Crippen molar-refractivity contribution in [2.75, 3.05) is 30.9 Å². The number of carbonyl (C=O) groups excluding carboxylic acids is 1. The third-order valence-corrected chi connectivity index (χ3v) is 5.02. The average molecular weight is 276 g/mol. The van der Waals surface area contributed by atoms with E-state index in [0.29, 0.717) is 5.25 Å². The van der Waals surface area contributed by atoms with Gasteiger partial charge in [0.05, 0.1) is 0 Å². The molecule has 1 aliphatic rings. The fourth-order valence-electron chi connectivity index (χ4n) is 1.82. The van der Waals surface area contributed by atoms with E-state index in [2.05, 4.69) is 25.4 Å². The van der Waals surface area contributed by atoms with Crippen molar-refractivity contribution in [3.05, 3.63) is 0 Å². The van der Waals surface area contributed by atoms with Gasteiger partial charge in [0, 0.05) is 30.1 Å². The molecule has 17 heavy (non-hydrogen) atoms. The Morgan fingerprint density at radius 3 is 3.06 bits per heavy atom. The van der Waals surface area contributed by atoms with Gasteiger partial charge in [0.1, 0.15) is 0 Å². The van der Waals surface area contributed by atoms with Crippen LogP contribution in [0.4, 0.5) is 4.79 Å². The molecule has 0 aromatic carbocycles. The van der Waals surface area contributed by atoms with Crippen molar-refractivity contribution in [2.45, 2.75) is 38.0 Å². The van der Waals surface area contributed by atoms with Gasteiger partial charge in [-0.2, -0.15) is 23.5 Å². The third kappa shape index (κ3) is 5.42. The Labute approximate surface area is 113 Å². The highest BCUT2D eigenvalue weighted by Crippen LogP contribution is 2.21. The zero-order chi connectivity index (χ0) is 12.7. The van der Waals surface area contributed by atoms with Gasteiger partial charge in [-0.3, -0.25) is 0 Å². The smallest absolute Gasteiger partial charge is 0.317 e. The molecule has 100 valence electrons. The van der Waals surface area contributed by atoms with E-state index in [1.807, 2.05) is 28.4 Å². The van der Waals surface area contributed by atoms with Crippen LogP contribution in [0.15, 0.2) is 0 Å². The maximum absolute atomic E-state index is 12.0. The van der Waals surface area contributed by atoms with Crippen molar-refractivity contribution < 1.29 is 4.79 Å². The van der Waals surface area contributed by atoms with Crippen molar-refractivity contribution in [2.24, 2.45) is 0 Å². The maximum atomic E-state index is 12.0. The molecule has 0 aromatic heterocycles. The van der Waals surface area contributed by atoms with Crippen molar-refractivity contribution >= 4 is 29.6 Å². The molecule has 0 aromatic rings. The van der Waals surface area contributed by atoms with Crippen molar-refractivity contribution in [1.29, 1.82) is 0 Å². The summed E-state index contributed by atoms with van der Waals surface area (Å²) in [6, 6.07) is 0.405. The summed E-state index contributed by atoms with van der Waals surface area (Å²) in [7, 11) is 0. The van der Waals surface area contributed by atoms with Crippen molar-refractivity contribution in [1.82, 2.24) is 10.2 Å². The molecule has 1 heterocycles. The van der Waals surface area contributed by atoms with Crippen LogP contribution in [0.2, 0.25) is 0 Å². The van der Waals surface area contributed by atoms with Gasteiger partial charge < -0.3 is 10.2 Å².